The molecule has 1 unspecified atom stereocenters. The average molecular weight is 193 g/mol. The van der Waals surface area contributed by atoms with Crippen molar-refractivity contribution in [3.63, 3.8) is 0 Å². The van der Waals surface area contributed by atoms with Crippen LogP contribution in [0.4, 0.5) is 0 Å². The highest BCUT2D eigenvalue weighted by molar-refractivity contribution is 5.07. The van der Waals surface area contributed by atoms with E-state index in [0.29, 0.717) is 13.0 Å². The second-order valence-corrected chi connectivity index (χ2v) is 3.88. The van der Waals surface area contributed by atoms with Crippen LogP contribution in [0, 0.1) is 0 Å². The molecule has 2 rings (SSSR count). The van der Waals surface area contributed by atoms with Crippen LogP contribution in [0.25, 0.3) is 0 Å². The van der Waals surface area contributed by atoms with Gasteiger partial charge >= 0.3 is 0 Å². The molecule has 1 fully saturated rings. The molecular formula is C11H15NO2. The van der Waals surface area contributed by atoms with Gasteiger partial charge in [0.15, 0.2) is 0 Å². The molecule has 0 amide bonds. The number of ether oxygens (including phenoxy) is 1. The summed E-state index contributed by atoms with van der Waals surface area (Å²) in [4.78, 5) is 4.20. The van der Waals surface area contributed by atoms with Gasteiger partial charge in [0.2, 0.25) is 0 Å². The minimum atomic E-state index is -0.702. The zero-order valence-electron chi connectivity index (χ0n) is 8.15. The van der Waals surface area contributed by atoms with Crippen LogP contribution in [-0.2, 0) is 11.2 Å². The molecule has 1 N–H and O–H groups in total. The summed E-state index contributed by atoms with van der Waals surface area (Å²) in [6.45, 7) is 1.20. The van der Waals surface area contributed by atoms with E-state index in [1.165, 1.54) is 0 Å². The zero-order chi connectivity index (χ0) is 9.86. The lowest BCUT2D eigenvalue weighted by molar-refractivity contribution is -0.0849. The first kappa shape index (κ1) is 9.62. The largest absolute Gasteiger partial charge is 0.387 e. The molecule has 0 aliphatic carbocycles. The number of pyridine rings is 1. The molecule has 0 aromatic carbocycles. The molecule has 76 valence electrons. The Morgan fingerprint density at radius 3 is 3.07 bits per heavy atom. The van der Waals surface area contributed by atoms with Crippen molar-refractivity contribution in [2.24, 2.45) is 0 Å². The molecule has 0 spiro atoms. The van der Waals surface area contributed by atoms with Crippen LogP contribution in [0.3, 0.4) is 0 Å². The van der Waals surface area contributed by atoms with Crippen LogP contribution < -0.4 is 0 Å². The van der Waals surface area contributed by atoms with E-state index < -0.39 is 5.60 Å². The summed E-state index contributed by atoms with van der Waals surface area (Å²) < 4.78 is 5.28. The van der Waals surface area contributed by atoms with Crippen LogP contribution in [0.5, 0.6) is 0 Å². The van der Waals surface area contributed by atoms with Crippen molar-refractivity contribution in [1.82, 2.24) is 4.98 Å². The van der Waals surface area contributed by atoms with Crippen molar-refractivity contribution in [1.29, 1.82) is 0 Å². The topological polar surface area (TPSA) is 42.4 Å². The molecule has 3 heteroatoms. The Morgan fingerprint density at radius 2 is 2.43 bits per heavy atom. The van der Waals surface area contributed by atoms with Crippen LogP contribution in [0.15, 0.2) is 24.4 Å². The van der Waals surface area contributed by atoms with E-state index in [9.17, 15) is 5.11 Å². The monoisotopic (exact) mass is 193 g/mol. The Kier molecular flexibility index (Phi) is 2.79. The van der Waals surface area contributed by atoms with E-state index >= 15 is 0 Å². The zero-order valence-corrected chi connectivity index (χ0v) is 8.15. The van der Waals surface area contributed by atoms with E-state index in [1.807, 2.05) is 18.2 Å². The first-order valence-electron chi connectivity index (χ1n) is 4.99. The molecule has 1 atom stereocenters. The lowest BCUT2D eigenvalue weighted by Gasteiger charge is -2.31. The standard InChI is InChI=1S/C11H15NO2/c13-11(5-3-7-14-9-11)8-10-4-1-2-6-12-10/h1-2,4,6,13H,3,5,7-9H2. The van der Waals surface area contributed by atoms with Crippen molar-refractivity contribution in [2.75, 3.05) is 13.2 Å². The minimum Gasteiger partial charge on any atom is -0.387 e. The first-order chi connectivity index (χ1) is 6.79. The Balaban J connectivity index is 2.02. The minimum absolute atomic E-state index is 0.434. The van der Waals surface area contributed by atoms with Gasteiger partial charge in [-0.1, -0.05) is 6.07 Å². The molecule has 0 saturated carbocycles. The van der Waals surface area contributed by atoms with Crippen LogP contribution >= 0.6 is 0 Å². The third-order valence-electron chi connectivity index (χ3n) is 2.54. The van der Waals surface area contributed by atoms with Gasteiger partial charge in [0, 0.05) is 24.9 Å². The number of aromatic nitrogens is 1. The second kappa shape index (κ2) is 4.07. The van der Waals surface area contributed by atoms with E-state index in [-0.39, 0.29) is 0 Å². The summed E-state index contributed by atoms with van der Waals surface area (Å²) in [7, 11) is 0. The maximum absolute atomic E-state index is 10.2. The van der Waals surface area contributed by atoms with Gasteiger partial charge in [0.25, 0.3) is 0 Å². The Bertz CT molecular complexity index is 281. The van der Waals surface area contributed by atoms with E-state index in [4.69, 9.17) is 4.74 Å². The normalized spacial score (nSPS) is 27.5. The number of nitrogens with zero attached hydrogens (tertiary/aromatic N) is 1. The highest BCUT2D eigenvalue weighted by Crippen LogP contribution is 2.22. The summed E-state index contributed by atoms with van der Waals surface area (Å²) in [5, 5.41) is 10.2. The molecule has 0 radical (unpaired) electrons. The summed E-state index contributed by atoms with van der Waals surface area (Å²) in [6, 6.07) is 5.76. The summed E-state index contributed by atoms with van der Waals surface area (Å²) >= 11 is 0. The van der Waals surface area contributed by atoms with Crippen molar-refractivity contribution >= 4 is 0 Å². The molecule has 1 saturated heterocycles. The molecule has 0 bridgehead atoms. The Hall–Kier alpha value is -0.930. The number of rotatable bonds is 2. The SMILES string of the molecule is OC1(Cc2ccccn2)CCCOC1. The lowest BCUT2D eigenvalue weighted by Crippen LogP contribution is -2.40. The van der Waals surface area contributed by atoms with Crippen molar-refractivity contribution in [3.05, 3.63) is 30.1 Å². The highest BCUT2D eigenvalue weighted by Gasteiger charge is 2.30. The molecular weight excluding hydrogens is 178 g/mol. The summed E-state index contributed by atoms with van der Waals surface area (Å²) in [6.07, 6.45) is 4.09. The van der Waals surface area contributed by atoms with Gasteiger partial charge in [-0.25, -0.2) is 0 Å². The third-order valence-corrected chi connectivity index (χ3v) is 2.54. The van der Waals surface area contributed by atoms with Crippen LogP contribution in [0.1, 0.15) is 18.5 Å². The van der Waals surface area contributed by atoms with Gasteiger partial charge in [-0.15, -0.1) is 0 Å². The van der Waals surface area contributed by atoms with Crippen molar-refractivity contribution < 1.29 is 9.84 Å². The predicted octanol–water partition coefficient (Wildman–Crippen LogP) is 1.17. The number of hydrogen-bond acceptors (Lipinski definition) is 3. The van der Waals surface area contributed by atoms with Crippen LogP contribution in [0.2, 0.25) is 0 Å². The van der Waals surface area contributed by atoms with Crippen molar-refractivity contribution in [3.8, 4) is 0 Å². The van der Waals surface area contributed by atoms with Gasteiger partial charge in [0.05, 0.1) is 12.2 Å². The summed E-state index contributed by atoms with van der Waals surface area (Å²) in [5.74, 6) is 0. The fourth-order valence-electron chi connectivity index (χ4n) is 1.82. The lowest BCUT2D eigenvalue weighted by atomic mass is 9.91. The fourth-order valence-corrected chi connectivity index (χ4v) is 1.82. The van der Waals surface area contributed by atoms with E-state index in [1.54, 1.807) is 6.20 Å². The maximum atomic E-state index is 10.2. The van der Waals surface area contributed by atoms with Crippen molar-refractivity contribution in [2.45, 2.75) is 24.9 Å². The Labute approximate surface area is 83.7 Å². The smallest absolute Gasteiger partial charge is 0.0936 e. The van der Waals surface area contributed by atoms with Gasteiger partial charge in [-0.3, -0.25) is 4.98 Å². The number of aliphatic hydroxyl groups is 1. The fraction of sp³-hybridized carbons (Fsp3) is 0.545. The Morgan fingerprint density at radius 1 is 1.50 bits per heavy atom. The molecule has 1 aromatic heterocycles. The first-order valence-corrected chi connectivity index (χ1v) is 4.99. The predicted molar refractivity (Wildman–Crippen MR) is 52.9 cm³/mol. The van der Waals surface area contributed by atoms with Gasteiger partial charge in [-0.05, 0) is 25.0 Å². The average Bonchev–Trinajstić information content (AvgIpc) is 2.19. The number of hydrogen-bond donors (Lipinski definition) is 1. The maximum Gasteiger partial charge on any atom is 0.0936 e. The molecule has 14 heavy (non-hydrogen) atoms. The molecule has 1 aliphatic heterocycles. The quantitative estimate of drug-likeness (QED) is 0.766. The molecule has 2 heterocycles. The van der Waals surface area contributed by atoms with Gasteiger partial charge in [-0.2, -0.15) is 0 Å². The molecule has 3 nitrogen and oxygen atoms in total. The van der Waals surface area contributed by atoms with Gasteiger partial charge in [0.1, 0.15) is 0 Å². The third kappa shape index (κ3) is 2.30. The van der Waals surface area contributed by atoms with E-state index in [0.717, 1.165) is 25.1 Å². The second-order valence-electron chi connectivity index (χ2n) is 3.88. The van der Waals surface area contributed by atoms with Crippen LogP contribution in [-0.4, -0.2) is 28.9 Å². The van der Waals surface area contributed by atoms with Gasteiger partial charge < -0.3 is 9.84 Å². The molecule has 1 aliphatic rings. The highest BCUT2D eigenvalue weighted by atomic mass is 16.5. The van der Waals surface area contributed by atoms with E-state index in [2.05, 4.69) is 4.98 Å². The molecule has 1 aromatic rings. The summed E-state index contributed by atoms with van der Waals surface area (Å²) in [5.41, 5.74) is 0.229.